The van der Waals surface area contributed by atoms with E-state index in [2.05, 4.69) is 22.9 Å². The molecular weight excluding hydrogens is 176 g/mol. The minimum absolute atomic E-state index is 0.411. The van der Waals surface area contributed by atoms with Crippen molar-refractivity contribution in [3.8, 4) is 0 Å². The van der Waals surface area contributed by atoms with Gasteiger partial charge in [-0.25, -0.2) is 4.79 Å². The largest absolute Gasteiger partial charge is 0.457 e. The normalized spacial score (nSPS) is 10.3. The van der Waals surface area contributed by atoms with Gasteiger partial charge >= 0.3 is 6.47 Å². The molecule has 0 fully saturated rings. The van der Waals surface area contributed by atoms with E-state index in [1.54, 1.807) is 0 Å². The Bertz CT molecular complexity index is 278. The summed E-state index contributed by atoms with van der Waals surface area (Å²) in [6, 6.07) is 10.2. The molecule has 1 aromatic rings. The molecule has 0 bridgehead atoms. The average Bonchev–Trinajstić information content (AvgIpc) is 2.25. The minimum Gasteiger partial charge on any atom is -0.457 e. The standard InChI is InChI=1S/C12H13O2/c13-11-14-10-6-2-5-9-12-7-3-1-4-8-12/h1-5,7-8H,6,9-10H2. The van der Waals surface area contributed by atoms with Gasteiger partial charge in [0.15, 0.2) is 0 Å². The van der Waals surface area contributed by atoms with Crippen LogP contribution >= 0.6 is 0 Å². The summed E-state index contributed by atoms with van der Waals surface area (Å²) in [5, 5.41) is 0. The Hall–Kier alpha value is -1.57. The van der Waals surface area contributed by atoms with E-state index in [9.17, 15) is 4.79 Å². The quantitative estimate of drug-likeness (QED) is 0.507. The Labute approximate surface area is 84.2 Å². The maximum absolute atomic E-state index is 9.69. The molecular formula is C12H13O2. The highest BCUT2D eigenvalue weighted by atomic mass is 16.5. The van der Waals surface area contributed by atoms with Crippen LogP contribution in [0, 0.1) is 0 Å². The summed E-state index contributed by atoms with van der Waals surface area (Å²) in [5.41, 5.74) is 1.28. The zero-order chi connectivity index (χ0) is 10.1. The van der Waals surface area contributed by atoms with Gasteiger partial charge < -0.3 is 4.74 Å². The first-order valence-corrected chi connectivity index (χ1v) is 4.61. The van der Waals surface area contributed by atoms with Crippen LogP contribution in [0.2, 0.25) is 0 Å². The van der Waals surface area contributed by atoms with Crippen LogP contribution in [-0.2, 0) is 16.0 Å². The number of benzene rings is 1. The van der Waals surface area contributed by atoms with Crippen molar-refractivity contribution < 1.29 is 9.53 Å². The molecule has 1 aromatic carbocycles. The van der Waals surface area contributed by atoms with E-state index >= 15 is 0 Å². The van der Waals surface area contributed by atoms with Crippen molar-refractivity contribution in [2.75, 3.05) is 6.61 Å². The van der Waals surface area contributed by atoms with Crippen LogP contribution in [0.1, 0.15) is 12.0 Å². The van der Waals surface area contributed by atoms with Gasteiger partial charge in [-0.15, -0.1) is 0 Å². The number of hydrogen-bond donors (Lipinski definition) is 0. The van der Waals surface area contributed by atoms with Gasteiger partial charge in [0, 0.05) is 0 Å². The van der Waals surface area contributed by atoms with E-state index in [1.807, 2.05) is 24.3 Å². The summed E-state index contributed by atoms with van der Waals surface area (Å²) < 4.78 is 4.43. The van der Waals surface area contributed by atoms with Crippen molar-refractivity contribution in [2.45, 2.75) is 12.8 Å². The maximum Gasteiger partial charge on any atom is 0.417 e. The summed E-state index contributed by atoms with van der Waals surface area (Å²) in [5.74, 6) is 0. The number of carbonyl (C=O) groups excluding carboxylic acids is 1. The molecule has 73 valence electrons. The molecule has 0 unspecified atom stereocenters. The van der Waals surface area contributed by atoms with Crippen LogP contribution < -0.4 is 0 Å². The Balaban J connectivity index is 2.17. The molecule has 0 aliphatic carbocycles. The molecule has 0 atom stereocenters. The molecule has 0 spiro atoms. The molecule has 0 saturated heterocycles. The third kappa shape index (κ3) is 4.45. The average molecular weight is 189 g/mol. The summed E-state index contributed by atoms with van der Waals surface area (Å²) in [6.07, 6.45) is 5.75. The lowest BCUT2D eigenvalue weighted by molar-refractivity contribution is 0.284. The molecule has 14 heavy (non-hydrogen) atoms. The van der Waals surface area contributed by atoms with Crippen LogP contribution in [0.15, 0.2) is 42.5 Å². The van der Waals surface area contributed by atoms with Crippen molar-refractivity contribution in [3.63, 3.8) is 0 Å². The van der Waals surface area contributed by atoms with Gasteiger partial charge in [-0.3, -0.25) is 0 Å². The number of rotatable bonds is 6. The summed E-state index contributed by atoms with van der Waals surface area (Å²) >= 11 is 0. The molecule has 0 amide bonds. The molecule has 0 aliphatic rings. The van der Waals surface area contributed by atoms with Gasteiger partial charge in [-0.1, -0.05) is 42.5 Å². The SMILES string of the molecule is O=[C]OCCC=CCc1ccccc1. The highest BCUT2D eigenvalue weighted by molar-refractivity contribution is 5.38. The lowest BCUT2D eigenvalue weighted by Gasteiger charge is -1.94. The Morgan fingerprint density at radius 2 is 2.00 bits per heavy atom. The molecule has 0 aliphatic heterocycles. The van der Waals surface area contributed by atoms with E-state index in [1.165, 1.54) is 12.0 Å². The van der Waals surface area contributed by atoms with Gasteiger partial charge in [0.25, 0.3) is 0 Å². The van der Waals surface area contributed by atoms with Crippen LogP contribution in [0.3, 0.4) is 0 Å². The molecule has 0 saturated carbocycles. The number of hydrogen-bond acceptors (Lipinski definition) is 2. The van der Waals surface area contributed by atoms with E-state index in [-0.39, 0.29) is 0 Å². The highest BCUT2D eigenvalue weighted by Gasteiger charge is 1.86. The first-order valence-electron chi connectivity index (χ1n) is 4.61. The topological polar surface area (TPSA) is 26.3 Å². The van der Waals surface area contributed by atoms with Crippen molar-refractivity contribution in [1.82, 2.24) is 0 Å². The van der Waals surface area contributed by atoms with E-state index in [0.717, 1.165) is 12.8 Å². The molecule has 1 radical (unpaired) electrons. The van der Waals surface area contributed by atoms with Crippen LogP contribution in [0.25, 0.3) is 0 Å². The molecule has 2 heteroatoms. The third-order valence-corrected chi connectivity index (χ3v) is 1.81. The van der Waals surface area contributed by atoms with E-state index in [4.69, 9.17) is 0 Å². The van der Waals surface area contributed by atoms with Crippen LogP contribution in [0.4, 0.5) is 0 Å². The second-order valence-electron chi connectivity index (χ2n) is 2.88. The minimum atomic E-state index is 0.411. The first-order chi connectivity index (χ1) is 6.93. The monoisotopic (exact) mass is 189 g/mol. The number of allylic oxidation sites excluding steroid dienone is 1. The Morgan fingerprint density at radius 3 is 2.71 bits per heavy atom. The van der Waals surface area contributed by atoms with Gasteiger partial charge in [0.05, 0.1) is 6.61 Å². The maximum atomic E-state index is 9.69. The zero-order valence-electron chi connectivity index (χ0n) is 7.98. The fourth-order valence-corrected chi connectivity index (χ4v) is 1.12. The van der Waals surface area contributed by atoms with E-state index < -0.39 is 0 Å². The fraction of sp³-hybridized carbons (Fsp3) is 0.250. The van der Waals surface area contributed by atoms with Gasteiger partial charge in [0.1, 0.15) is 0 Å². The van der Waals surface area contributed by atoms with Crippen LogP contribution in [0.5, 0.6) is 0 Å². The highest BCUT2D eigenvalue weighted by Crippen LogP contribution is 2.00. The smallest absolute Gasteiger partial charge is 0.417 e. The second kappa shape index (κ2) is 6.89. The van der Waals surface area contributed by atoms with Crippen molar-refractivity contribution in [3.05, 3.63) is 48.0 Å². The van der Waals surface area contributed by atoms with E-state index in [0.29, 0.717) is 6.61 Å². The fourth-order valence-electron chi connectivity index (χ4n) is 1.12. The third-order valence-electron chi connectivity index (χ3n) is 1.81. The molecule has 0 heterocycles. The molecule has 0 N–H and O–H groups in total. The van der Waals surface area contributed by atoms with Crippen LogP contribution in [-0.4, -0.2) is 13.1 Å². The van der Waals surface area contributed by atoms with Gasteiger partial charge in [0.2, 0.25) is 0 Å². The summed E-state index contributed by atoms with van der Waals surface area (Å²) in [4.78, 5) is 9.69. The van der Waals surface area contributed by atoms with Gasteiger partial charge in [-0.05, 0) is 18.4 Å². The summed E-state index contributed by atoms with van der Waals surface area (Å²) in [7, 11) is 0. The predicted octanol–water partition coefficient (Wildman–Crippen LogP) is 2.26. The van der Waals surface area contributed by atoms with Crippen molar-refractivity contribution >= 4 is 6.47 Å². The Morgan fingerprint density at radius 1 is 1.21 bits per heavy atom. The molecule has 2 nitrogen and oxygen atoms in total. The number of ether oxygens (including phenoxy) is 1. The second-order valence-corrected chi connectivity index (χ2v) is 2.88. The van der Waals surface area contributed by atoms with Crippen molar-refractivity contribution in [1.29, 1.82) is 0 Å². The summed E-state index contributed by atoms with van der Waals surface area (Å²) in [6.45, 7) is 1.80. The van der Waals surface area contributed by atoms with Crippen molar-refractivity contribution in [2.24, 2.45) is 0 Å². The zero-order valence-corrected chi connectivity index (χ0v) is 7.98. The first kappa shape index (κ1) is 10.5. The predicted molar refractivity (Wildman–Crippen MR) is 55.5 cm³/mol. The molecule has 0 aromatic heterocycles. The molecule has 1 rings (SSSR count). The Kier molecular flexibility index (Phi) is 5.18. The lowest BCUT2D eigenvalue weighted by atomic mass is 10.1. The van der Waals surface area contributed by atoms with Gasteiger partial charge in [-0.2, -0.15) is 0 Å². The lowest BCUT2D eigenvalue weighted by Crippen LogP contribution is -1.88.